The Bertz CT molecular complexity index is 782. The number of anilines is 1. The van der Waals surface area contributed by atoms with Gasteiger partial charge in [0.1, 0.15) is 0 Å². The second kappa shape index (κ2) is 9.62. The Balaban J connectivity index is 2.14. The molecule has 1 fully saturated rings. The van der Waals surface area contributed by atoms with E-state index in [-0.39, 0.29) is 17.9 Å². The second-order valence-corrected chi connectivity index (χ2v) is 9.48. The Morgan fingerprint density at radius 2 is 2.14 bits per heavy atom. The van der Waals surface area contributed by atoms with Gasteiger partial charge in [-0.25, -0.2) is 22.7 Å². The summed E-state index contributed by atoms with van der Waals surface area (Å²) < 4.78 is 30.6. The smallest absolute Gasteiger partial charge is 0.254 e. The third kappa shape index (κ3) is 6.11. The molecule has 10 heteroatoms. The molecule has 0 aliphatic carbocycles. The molecule has 1 atom stereocenters. The molecule has 0 aromatic carbocycles. The van der Waals surface area contributed by atoms with E-state index >= 15 is 0 Å². The average Bonchev–Trinajstić information content (AvgIpc) is 3.10. The fraction of sp³-hybridized carbons (Fsp3) is 0.722. The van der Waals surface area contributed by atoms with Crippen LogP contribution in [0.1, 0.15) is 48.7 Å². The third-order valence-electron chi connectivity index (χ3n) is 4.51. The minimum Gasteiger partial charge on any atom is -0.379 e. The van der Waals surface area contributed by atoms with Gasteiger partial charge in [0.05, 0.1) is 23.6 Å². The molecule has 28 heavy (non-hydrogen) atoms. The lowest BCUT2D eigenvalue weighted by Gasteiger charge is -2.18. The molecule has 158 valence electrons. The van der Waals surface area contributed by atoms with Gasteiger partial charge >= 0.3 is 0 Å². The van der Waals surface area contributed by atoms with Gasteiger partial charge in [-0.3, -0.25) is 4.79 Å². The first-order valence-corrected chi connectivity index (χ1v) is 11.3. The molecule has 1 aromatic rings. The van der Waals surface area contributed by atoms with E-state index < -0.39 is 10.0 Å². The van der Waals surface area contributed by atoms with Crippen LogP contribution in [0.5, 0.6) is 0 Å². The molecule has 1 amide bonds. The minimum atomic E-state index is -3.27. The quantitative estimate of drug-likeness (QED) is 0.598. The Hall–Kier alpha value is -1.78. The van der Waals surface area contributed by atoms with Crippen molar-refractivity contribution in [1.29, 1.82) is 0 Å². The lowest BCUT2D eigenvalue weighted by Crippen LogP contribution is -2.30. The predicted octanol–water partition coefficient (Wildman–Crippen LogP) is 0.836. The molecule has 0 saturated carbocycles. The average molecular weight is 414 g/mol. The Kier molecular flexibility index (Phi) is 7.73. The molecule has 1 unspecified atom stereocenters. The van der Waals surface area contributed by atoms with Gasteiger partial charge in [0.15, 0.2) is 0 Å². The number of carbonyl (C=O) groups excluding carboxylic acids is 1. The van der Waals surface area contributed by atoms with Gasteiger partial charge < -0.3 is 15.0 Å². The summed E-state index contributed by atoms with van der Waals surface area (Å²) in [5.41, 5.74) is 0.997. The van der Waals surface area contributed by atoms with Crippen molar-refractivity contribution in [3.63, 3.8) is 0 Å². The highest BCUT2D eigenvalue weighted by Crippen LogP contribution is 2.30. The molecule has 9 nitrogen and oxygen atoms in total. The van der Waals surface area contributed by atoms with Crippen LogP contribution in [0.3, 0.4) is 0 Å². The van der Waals surface area contributed by atoms with Gasteiger partial charge in [-0.1, -0.05) is 0 Å². The number of aromatic nitrogens is 2. The molecule has 1 saturated heterocycles. The summed E-state index contributed by atoms with van der Waals surface area (Å²) in [7, 11) is 0.383. The van der Waals surface area contributed by atoms with Crippen molar-refractivity contribution in [1.82, 2.24) is 19.6 Å². The molecule has 2 heterocycles. The van der Waals surface area contributed by atoms with E-state index in [0.29, 0.717) is 56.3 Å². The van der Waals surface area contributed by atoms with Crippen molar-refractivity contribution >= 4 is 21.9 Å². The lowest BCUT2D eigenvalue weighted by atomic mass is 10.00. The van der Waals surface area contributed by atoms with Crippen LogP contribution < -0.4 is 10.2 Å². The Morgan fingerprint density at radius 3 is 2.71 bits per heavy atom. The van der Waals surface area contributed by atoms with Crippen LogP contribution in [-0.2, 0) is 14.8 Å². The zero-order chi connectivity index (χ0) is 20.9. The summed E-state index contributed by atoms with van der Waals surface area (Å²) in [6.07, 6.45) is 4.23. The largest absolute Gasteiger partial charge is 0.379 e. The second-order valence-electron chi connectivity index (χ2n) is 7.50. The Labute approximate surface area is 167 Å². The molecule has 0 radical (unpaired) electrons. The number of nitrogens with one attached hydrogen (secondary N) is 1. The summed E-state index contributed by atoms with van der Waals surface area (Å²) in [5.74, 6) is 0.110. The number of rotatable bonds is 9. The fourth-order valence-electron chi connectivity index (χ4n) is 3.03. The number of sulfonamides is 1. The van der Waals surface area contributed by atoms with E-state index in [1.54, 1.807) is 4.90 Å². The SMILES string of the molecule is CC(C)OCCCNC(=O)c1cnc(N(C)C)nc1C1CCN(S(C)(=O)=O)C1. The zero-order valence-electron chi connectivity index (χ0n) is 17.3. The standard InChI is InChI=1S/C18H31N5O4S/c1-13(2)27-10-6-8-19-17(24)15-11-20-18(22(3)4)21-16(15)14-7-9-23(12-14)28(5,25)26/h11,13-14H,6-10,12H2,1-5H3,(H,19,24). The maximum Gasteiger partial charge on any atom is 0.254 e. The highest BCUT2D eigenvalue weighted by atomic mass is 32.2. The summed E-state index contributed by atoms with van der Waals surface area (Å²) in [4.78, 5) is 23.3. The topological polar surface area (TPSA) is 105 Å². The fourth-order valence-corrected chi connectivity index (χ4v) is 3.92. The first-order valence-electron chi connectivity index (χ1n) is 9.48. The molecule has 2 rings (SSSR count). The van der Waals surface area contributed by atoms with E-state index in [1.165, 1.54) is 16.8 Å². The number of carbonyl (C=O) groups is 1. The zero-order valence-corrected chi connectivity index (χ0v) is 18.1. The molecule has 1 aromatic heterocycles. The number of ether oxygens (including phenoxy) is 1. The summed E-state index contributed by atoms with van der Waals surface area (Å²) >= 11 is 0. The van der Waals surface area contributed by atoms with Crippen molar-refractivity contribution in [2.75, 3.05) is 51.5 Å². The monoisotopic (exact) mass is 413 g/mol. The maximum atomic E-state index is 12.7. The van der Waals surface area contributed by atoms with E-state index in [2.05, 4.69) is 15.3 Å². The number of hydrogen-bond donors (Lipinski definition) is 1. The van der Waals surface area contributed by atoms with Gasteiger partial charge in [0.25, 0.3) is 5.91 Å². The number of amides is 1. The van der Waals surface area contributed by atoms with Crippen LogP contribution in [0.2, 0.25) is 0 Å². The lowest BCUT2D eigenvalue weighted by molar-refractivity contribution is 0.0757. The van der Waals surface area contributed by atoms with E-state index in [4.69, 9.17) is 4.74 Å². The van der Waals surface area contributed by atoms with Crippen molar-refractivity contribution in [2.24, 2.45) is 0 Å². The molecular formula is C18H31N5O4S. The first kappa shape index (κ1) is 22.5. The van der Waals surface area contributed by atoms with Crippen LogP contribution in [0.25, 0.3) is 0 Å². The van der Waals surface area contributed by atoms with E-state index in [9.17, 15) is 13.2 Å². The van der Waals surface area contributed by atoms with Crippen molar-refractivity contribution < 1.29 is 17.9 Å². The van der Waals surface area contributed by atoms with Crippen LogP contribution >= 0.6 is 0 Å². The maximum absolute atomic E-state index is 12.7. The summed E-state index contributed by atoms with van der Waals surface area (Å²) in [5, 5.41) is 2.88. The predicted molar refractivity (Wildman–Crippen MR) is 108 cm³/mol. The van der Waals surface area contributed by atoms with Crippen LogP contribution in [0, 0.1) is 0 Å². The Morgan fingerprint density at radius 1 is 1.43 bits per heavy atom. The van der Waals surface area contributed by atoms with Gasteiger partial charge in [-0.05, 0) is 26.7 Å². The minimum absolute atomic E-state index is 0.138. The number of hydrogen-bond acceptors (Lipinski definition) is 7. The molecule has 1 N–H and O–H groups in total. The highest BCUT2D eigenvalue weighted by Gasteiger charge is 2.33. The van der Waals surface area contributed by atoms with Gasteiger partial charge in [-0.2, -0.15) is 0 Å². The van der Waals surface area contributed by atoms with Crippen LogP contribution in [0.4, 0.5) is 5.95 Å². The van der Waals surface area contributed by atoms with Gasteiger partial charge in [0, 0.05) is 52.5 Å². The molecular weight excluding hydrogens is 382 g/mol. The molecule has 1 aliphatic heterocycles. The van der Waals surface area contributed by atoms with Crippen molar-refractivity contribution in [2.45, 2.75) is 38.7 Å². The van der Waals surface area contributed by atoms with E-state index in [0.717, 1.165) is 0 Å². The van der Waals surface area contributed by atoms with E-state index in [1.807, 2.05) is 27.9 Å². The third-order valence-corrected chi connectivity index (χ3v) is 5.78. The van der Waals surface area contributed by atoms with Crippen molar-refractivity contribution in [3.05, 3.63) is 17.5 Å². The highest BCUT2D eigenvalue weighted by molar-refractivity contribution is 7.88. The summed E-state index contributed by atoms with van der Waals surface area (Å²) in [6, 6.07) is 0. The molecule has 0 spiro atoms. The van der Waals surface area contributed by atoms with Crippen LogP contribution in [-0.4, -0.2) is 81.3 Å². The van der Waals surface area contributed by atoms with Gasteiger partial charge in [-0.15, -0.1) is 0 Å². The first-order chi connectivity index (χ1) is 13.1. The number of nitrogens with zero attached hydrogens (tertiary/aromatic N) is 4. The van der Waals surface area contributed by atoms with Crippen molar-refractivity contribution in [3.8, 4) is 0 Å². The summed E-state index contributed by atoms with van der Waals surface area (Å²) in [6.45, 7) is 5.75. The van der Waals surface area contributed by atoms with Crippen LogP contribution in [0.15, 0.2) is 6.20 Å². The molecule has 0 bridgehead atoms. The molecule has 1 aliphatic rings. The van der Waals surface area contributed by atoms with Gasteiger partial charge in [0.2, 0.25) is 16.0 Å². The normalized spacial score (nSPS) is 17.9.